The topological polar surface area (TPSA) is 142 Å². The summed E-state index contributed by atoms with van der Waals surface area (Å²) in [6, 6.07) is 5.32. The van der Waals surface area contributed by atoms with E-state index >= 15 is 0 Å². The van der Waals surface area contributed by atoms with Crippen LogP contribution < -0.4 is 15.4 Å². The zero-order valence-electron chi connectivity index (χ0n) is 23.2. The molecule has 2 saturated carbocycles. The van der Waals surface area contributed by atoms with Crippen LogP contribution in [0.15, 0.2) is 36.9 Å². The number of allylic oxidation sites excluding steroid dienone is 1. The summed E-state index contributed by atoms with van der Waals surface area (Å²) in [7, 11) is -3.74. The third kappa shape index (κ3) is 8.31. The summed E-state index contributed by atoms with van der Waals surface area (Å²) in [5.41, 5.74) is -0.507. The van der Waals surface area contributed by atoms with Crippen molar-refractivity contribution in [3.63, 3.8) is 0 Å². The van der Waals surface area contributed by atoms with Gasteiger partial charge in [0.15, 0.2) is 0 Å². The van der Waals surface area contributed by atoms with Crippen molar-refractivity contribution in [2.24, 2.45) is 0 Å². The number of benzene rings is 1. The Balaban J connectivity index is 1.39. The second-order valence-corrected chi connectivity index (χ2v) is 13.7. The van der Waals surface area contributed by atoms with E-state index in [0.717, 1.165) is 31.2 Å². The summed E-state index contributed by atoms with van der Waals surface area (Å²) in [4.78, 5) is 54.3. The van der Waals surface area contributed by atoms with E-state index in [-0.39, 0.29) is 18.2 Å². The van der Waals surface area contributed by atoms with Crippen molar-refractivity contribution < 1.29 is 27.6 Å². The fourth-order valence-electron chi connectivity index (χ4n) is 5.15. The van der Waals surface area contributed by atoms with Gasteiger partial charge in [0.2, 0.25) is 27.7 Å². The molecule has 12 heteroatoms. The summed E-state index contributed by atoms with van der Waals surface area (Å²) < 4.78 is 26.6. The molecule has 4 rings (SSSR count). The predicted octanol–water partition coefficient (Wildman–Crippen LogP) is 2.75. The number of unbranched alkanes of at least 4 members (excludes halogenated alkanes) is 3. The molecule has 0 spiro atoms. The highest BCUT2D eigenvalue weighted by atomic mass is 35.5. The summed E-state index contributed by atoms with van der Waals surface area (Å²) in [6.07, 6.45) is 8.47. The van der Waals surface area contributed by atoms with Gasteiger partial charge in [-0.2, -0.15) is 0 Å². The molecule has 0 bridgehead atoms. The largest absolute Gasteiger partial charge is 0.344 e. The van der Waals surface area contributed by atoms with Crippen LogP contribution in [0.2, 0.25) is 5.02 Å². The lowest BCUT2D eigenvalue weighted by molar-refractivity contribution is -0.142. The van der Waals surface area contributed by atoms with Crippen molar-refractivity contribution in [2.75, 3.05) is 6.54 Å². The molecule has 4 amide bonds. The first kappa shape index (κ1) is 31.0. The maximum absolute atomic E-state index is 13.7. The van der Waals surface area contributed by atoms with Gasteiger partial charge in [-0.05, 0) is 75.5 Å². The molecule has 2 aliphatic carbocycles. The molecule has 1 aliphatic heterocycles. The summed E-state index contributed by atoms with van der Waals surface area (Å²) >= 11 is 5.95. The van der Waals surface area contributed by atoms with E-state index in [9.17, 15) is 27.6 Å². The average molecular weight is 607 g/mol. The molecular weight excluding hydrogens is 568 g/mol. The Labute approximate surface area is 246 Å². The quantitative estimate of drug-likeness (QED) is 0.207. The first-order valence-corrected chi connectivity index (χ1v) is 16.3. The van der Waals surface area contributed by atoms with Gasteiger partial charge in [0.05, 0.1) is 11.7 Å². The van der Waals surface area contributed by atoms with E-state index < -0.39 is 44.7 Å². The van der Waals surface area contributed by atoms with E-state index in [1.165, 1.54) is 4.90 Å². The Kier molecular flexibility index (Phi) is 10.1. The number of amides is 4. The molecule has 2 unspecified atom stereocenters. The Bertz CT molecular complexity index is 1260. The van der Waals surface area contributed by atoms with Gasteiger partial charge in [-0.1, -0.05) is 42.7 Å². The zero-order valence-corrected chi connectivity index (χ0v) is 24.8. The third-order valence-electron chi connectivity index (χ3n) is 7.90. The fraction of sp³-hybridized carbons (Fsp3) is 0.586. The normalized spacial score (nSPS) is 20.1. The van der Waals surface area contributed by atoms with Gasteiger partial charge in [0.25, 0.3) is 5.91 Å². The van der Waals surface area contributed by atoms with Gasteiger partial charge in [-0.3, -0.25) is 23.9 Å². The number of rotatable bonds is 15. The van der Waals surface area contributed by atoms with Crippen molar-refractivity contribution in [3.05, 3.63) is 47.5 Å². The number of nitrogens with one attached hydrogen (secondary N) is 3. The van der Waals surface area contributed by atoms with Crippen molar-refractivity contribution in [3.8, 4) is 0 Å². The molecule has 0 radical (unpaired) electrons. The van der Waals surface area contributed by atoms with Gasteiger partial charge < -0.3 is 15.5 Å². The van der Waals surface area contributed by atoms with Crippen LogP contribution in [-0.2, 0) is 35.6 Å². The second-order valence-electron chi connectivity index (χ2n) is 11.3. The molecule has 224 valence electrons. The Morgan fingerprint density at radius 1 is 1.07 bits per heavy atom. The molecule has 1 aromatic rings. The van der Waals surface area contributed by atoms with Gasteiger partial charge in [0, 0.05) is 11.6 Å². The van der Waals surface area contributed by atoms with Crippen molar-refractivity contribution >= 4 is 45.3 Å². The fourth-order valence-corrected chi connectivity index (χ4v) is 6.65. The highest BCUT2D eigenvalue weighted by Gasteiger charge is 2.54. The Morgan fingerprint density at radius 2 is 1.78 bits per heavy atom. The maximum Gasteiger partial charge on any atom is 0.259 e. The van der Waals surface area contributed by atoms with Gasteiger partial charge in [0.1, 0.15) is 17.6 Å². The lowest BCUT2D eigenvalue weighted by Crippen LogP contribution is -2.57. The van der Waals surface area contributed by atoms with Crippen LogP contribution in [-0.4, -0.2) is 66.4 Å². The molecule has 1 aromatic carbocycles. The number of hydrogen-bond acceptors (Lipinski definition) is 6. The standard InChI is InChI=1S/C29H39ClN4O6S/c1-2-3-4-5-6-8-23(31-25(35)19-20-10-12-21(30)13-11-20)27(37)34-18-7-9-24(34)26(36)32-29(16-17-29)28(38)33-41(39,40)22-14-15-22/h2,10-13,22-24H,1,3-9,14-19H2,(H,31,35)(H,32,36)(H,33,38). The first-order chi connectivity index (χ1) is 19.5. The van der Waals surface area contributed by atoms with Crippen LogP contribution in [0, 0.1) is 0 Å². The lowest BCUT2D eigenvalue weighted by atomic mass is 10.0. The number of nitrogens with zero attached hydrogens (tertiary/aromatic N) is 1. The van der Waals surface area contributed by atoms with Crippen LogP contribution in [0.4, 0.5) is 0 Å². The molecule has 2 atom stereocenters. The molecule has 10 nitrogen and oxygen atoms in total. The summed E-state index contributed by atoms with van der Waals surface area (Å²) in [5.74, 6) is -1.84. The van der Waals surface area contributed by atoms with Crippen LogP contribution >= 0.6 is 11.6 Å². The SMILES string of the molecule is C=CCCCCCC(NC(=O)Cc1ccc(Cl)cc1)C(=O)N1CCCC1C(=O)NC1(C(=O)NS(=O)(=O)C2CC2)CC1. The second kappa shape index (κ2) is 13.4. The smallest absolute Gasteiger partial charge is 0.259 e. The number of halogens is 1. The first-order valence-electron chi connectivity index (χ1n) is 14.4. The molecule has 1 heterocycles. The highest BCUT2D eigenvalue weighted by molar-refractivity contribution is 7.91. The Morgan fingerprint density at radius 3 is 2.41 bits per heavy atom. The van der Waals surface area contributed by atoms with Gasteiger partial charge in [-0.25, -0.2) is 8.42 Å². The van der Waals surface area contributed by atoms with E-state index in [1.54, 1.807) is 24.3 Å². The average Bonchev–Trinajstić information content (AvgIpc) is 3.86. The monoisotopic (exact) mass is 606 g/mol. The number of carbonyl (C=O) groups excluding carboxylic acids is 4. The minimum absolute atomic E-state index is 0.0860. The van der Waals surface area contributed by atoms with E-state index in [0.29, 0.717) is 56.5 Å². The number of likely N-dealkylation sites (tertiary alicyclic amines) is 1. The van der Waals surface area contributed by atoms with E-state index in [2.05, 4.69) is 21.9 Å². The van der Waals surface area contributed by atoms with E-state index in [4.69, 9.17) is 11.6 Å². The molecule has 41 heavy (non-hydrogen) atoms. The van der Waals surface area contributed by atoms with Gasteiger partial charge >= 0.3 is 0 Å². The minimum atomic E-state index is -3.74. The Hall–Kier alpha value is -2.92. The number of sulfonamides is 1. The lowest BCUT2D eigenvalue weighted by Gasteiger charge is -2.30. The van der Waals surface area contributed by atoms with Crippen molar-refractivity contribution in [1.82, 2.24) is 20.3 Å². The summed E-state index contributed by atoms with van der Waals surface area (Å²) in [5, 5.41) is 5.64. The number of carbonyl (C=O) groups is 4. The van der Waals surface area contributed by atoms with Crippen LogP contribution in [0.5, 0.6) is 0 Å². The zero-order chi connectivity index (χ0) is 29.6. The molecule has 3 N–H and O–H groups in total. The van der Waals surface area contributed by atoms with Gasteiger partial charge in [-0.15, -0.1) is 6.58 Å². The van der Waals surface area contributed by atoms with Crippen LogP contribution in [0.1, 0.15) is 76.2 Å². The van der Waals surface area contributed by atoms with Crippen molar-refractivity contribution in [2.45, 2.75) is 99.9 Å². The van der Waals surface area contributed by atoms with Crippen molar-refractivity contribution in [1.29, 1.82) is 0 Å². The van der Waals surface area contributed by atoms with Crippen LogP contribution in [0.25, 0.3) is 0 Å². The molecule has 3 aliphatic rings. The molecule has 0 aromatic heterocycles. The maximum atomic E-state index is 13.7. The highest BCUT2D eigenvalue weighted by Crippen LogP contribution is 2.37. The molecule has 3 fully saturated rings. The predicted molar refractivity (Wildman–Crippen MR) is 155 cm³/mol. The molecule has 1 saturated heterocycles. The number of hydrogen-bond donors (Lipinski definition) is 3. The minimum Gasteiger partial charge on any atom is -0.344 e. The van der Waals surface area contributed by atoms with E-state index in [1.807, 2.05) is 6.08 Å². The summed E-state index contributed by atoms with van der Waals surface area (Å²) in [6.45, 7) is 4.09. The molecular formula is C29H39ClN4O6S. The third-order valence-corrected chi connectivity index (χ3v) is 9.97. The van der Waals surface area contributed by atoms with Crippen LogP contribution in [0.3, 0.4) is 0 Å².